The maximum absolute atomic E-state index is 11.9. The molecule has 0 saturated heterocycles. The van der Waals surface area contributed by atoms with Crippen molar-refractivity contribution >= 4 is 11.9 Å². The minimum absolute atomic E-state index is 0.122. The second-order valence-electron chi connectivity index (χ2n) is 9.87. The zero-order valence-corrected chi connectivity index (χ0v) is 19.2. The molecule has 0 amide bonds. The highest BCUT2D eigenvalue weighted by atomic mass is 16.5. The Labute approximate surface area is 172 Å². The summed E-state index contributed by atoms with van der Waals surface area (Å²) in [5.41, 5.74) is 1.52. The molecule has 0 spiro atoms. The molecule has 4 heteroatoms. The van der Waals surface area contributed by atoms with Crippen LogP contribution in [0.25, 0.3) is 0 Å². The van der Waals surface area contributed by atoms with Crippen molar-refractivity contribution < 1.29 is 19.1 Å². The molecule has 0 aliphatic rings. The third-order valence-corrected chi connectivity index (χ3v) is 4.08. The second kappa shape index (κ2) is 13.6. The van der Waals surface area contributed by atoms with Crippen molar-refractivity contribution in [2.24, 2.45) is 10.8 Å². The van der Waals surface area contributed by atoms with E-state index >= 15 is 0 Å². The predicted molar refractivity (Wildman–Crippen MR) is 116 cm³/mol. The van der Waals surface area contributed by atoms with Gasteiger partial charge in [-0.1, -0.05) is 73.8 Å². The van der Waals surface area contributed by atoms with Gasteiger partial charge in [0.25, 0.3) is 0 Å². The van der Waals surface area contributed by atoms with E-state index in [1.165, 1.54) is 0 Å². The number of allylic oxidation sites excluding steroid dienone is 1. The lowest BCUT2D eigenvalue weighted by Gasteiger charge is -2.21. The van der Waals surface area contributed by atoms with Gasteiger partial charge in [-0.15, -0.1) is 0 Å². The fourth-order valence-corrected chi connectivity index (χ4v) is 2.67. The van der Waals surface area contributed by atoms with Gasteiger partial charge in [0.2, 0.25) is 0 Å². The molecule has 0 atom stereocenters. The van der Waals surface area contributed by atoms with Crippen molar-refractivity contribution in [2.45, 2.75) is 93.4 Å². The predicted octanol–water partition coefficient (Wildman–Crippen LogP) is 6.40. The zero-order chi connectivity index (χ0) is 21.6. The third kappa shape index (κ3) is 17.8. The van der Waals surface area contributed by atoms with Crippen molar-refractivity contribution in [3.05, 3.63) is 23.8 Å². The summed E-state index contributed by atoms with van der Waals surface area (Å²) in [7, 11) is 0. The fourth-order valence-electron chi connectivity index (χ4n) is 2.67. The van der Waals surface area contributed by atoms with Gasteiger partial charge in [-0.2, -0.15) is 0 Å². The molecule has 0 N–H and O–H groups in total. The van der Waals surface area contributed by atoms with Crippen LogP contribution in [0.3, 0.4) is 0 Å². The summed E-state index contributed by atoms with van der Waals surface area (Å²) in [5, 5.41) is 0. The second-order valence-corrected chi connectivity index (χ2v) is 9.87. The van der Waals surface area contributed by atoms with Crippen LogP contribution in [0.5, 0.6) is 0 Å². The largest absolute Gasteiger partial charge is 0.463 e. The minimum Gasteiger partial charge on any atom is -0.463 e. The summed E-state index contributed by atoms with van der Waals surface area (Å²) in [6, 6.07) is 0. The quantitative estimate of drug-likeness (QED) is 0.166. The SMILES string of the molecule is CCCCCCOC(=O)/C=C\C(=O)OC/C(=C/CCC(C)(C)C)CC(C)(C)C. The van der Waals surface area contributed by atoms with Gasteiger partial charge < -0.3 is 9.47 Å². The molecule has 0 radical (unpaired) electrons. The lowest BCUT2D eigenvalue weighted by atomic mass is 9.86. The van der Waals surface area contributed by atoms with Crippen molar-refractivity contribution in [3.8, 4) is 0 Å². The average molecular weight is 395 g/mol. The Morgan fingerprint density at radius 3 is 1.96 bits per heavy atom. The summed E-state index contributed by atoms with van der Waals surface area (Å²) in [6.45, 7) is 16.0. The Morgan fingerprint density at radius 2 is 1.43 bits per heavy atom. The molecule has 4 nitrogen and oxygen atoms in total. The zero-order valence-electron chi connectivity index (χ0n) is 19.2. The monoisotopic (exact) mass is 394 g/mol. The topological polar surface area (TPSA) is 52.6 Å². The van der Waals surface area contributed by atoms with E-state index in [1.54, 1.807) is 0 Å². The molecule has 0 unspecified atom stereocenters. The number of ether oxygens (including phenoxy) is 2. The van der Waals surface area contributed by atoms with E-state index < -0.39 is 11.9 Å². The Morgan fingerprint density at radius 1 is 0.821 bits per heavy atom. The van der Waals surface area contributed by atoms with Gasteiger partial charge in [0.05, 0.1) is 6.61 Å². The molecule has 0 heterocycles. The lowest BCUT2D eigenvalue weighted by molar-refractivity contribution is -0.140. The molecular formula is C24H42O4. The first-order chi connectivity index (χ1) is 12.9. The van der Waals surface area contributed by atoms with Gasteiger partial charge in [-0.05, 0) is 42.1 Å². The summed E-state index contributed by atoms with van der Waals surface area (Å²) in [4.78, 5) is 23.5. The average Bonchev–Trinajstić information content (AvgIpc) is 2.55. The van der Waals surface area contributed by atoms with E-state index in [1.807, 2.05) is 0 Å². The first kappa shape index (κ1) is 26.4. The van der Waals surface area contributed by atoms with Crippen LogP contribution < -0.4 is 0 Å². The standard InChI is InChI=1S/C24H42O4/c1-8-9-10-11-17-27-21(25)14-15-22(26)28-19-20(18-24(5,6)7)13-12-16-23(2,3)4/h13-15H,8-12,16-19H2,1-7H3/b15-14-,20-13+. The van der Waals surface area contributed by atoms with E-state index in [2.05, 4.69) is 54.5 Å². The number of hydrogen-bond acceptors (Lipinski definition) is 4. The molecule has 0 aromatic heterocycles. The number of hydrogen-bond donors (Lipinski definition) is 0. The van der Waals surface area contributed by atoms with Crippen LogP contribution in [0.1, 0.15) is 93.4 Å². The van der Waals surface area contributed by atoms with Gasteiger partial charge >= 0.3 is 11.9 Å². The Balaban J connectivity index is 4.44. The Bertz CT molecular complexity index is 516. The number of rotatable bonds is 12. The van der Waals surface area contributed by atoms with Crippen LogP contribution in [0.2, 0.25) is 0 Å². The third-order valence-electron chi connectivity index (χ3n) is 4.08. The van der Waals surface area contributed by atoms with Crippen molar-refractivity contribution in [2.75, 3.05) is 13.2 Å². The number of unbranched alkanes of at least 4 members (excludes halogenated alkanes) is 3. The van der Waals surface area contributed by atoms with Crippen LogP contribution in [0, 0.1) is 10.8 Å². The van der Waals surface area contributed by atoms with E-state index in [4.69, 9.17) is 9.47 Å². The van der Waals surface area contributed by atoms with Crippen molar-refractivity contribution in [1.29, 1.82) is 0 Å². The summed E-state index contributed by atoms with van der Waals surface area (Å²) in [6.07, 6.45) is 11.6. The smallest absolute Gasteiger partial charge is 0.331 e. The van der Waals surface area contributed by atoms with Crippen LogP contribution >= 0.6 is 0 Å². The number of carbonyl (C=O) groups is 2. The van der Waals surface area contributed by atoms with Gasteiger partial charge in [-0.3, -0.25) is 0 Å². The van der Waals surface area contributed by atoms with Crippen molar-refractivity contribution in [3.63, 3.8) is 0 Å². The first-order valence-electron chi connectivity index (χ1n) is 10.6. The molecule has 0 fully saturated rings. The van der Waals surface area contributed by atoms with Crippen LogP contribution in [-0.2, 0) is 19.1 Å². The van der Waals surface area contributed by atoms with Crippen LogP contribution in [0.15, 0.2) is 23.8 Å². The highest BCUT2D eigenvalue weighted by Gasteiger charge is 2.15. The van der Waals surface area contributed by atoms with Crippen LogP contribution in [-0.4, -0.2) is 25.2 Å². The molecule has 162 valence electrons. The molecular weight excluding hydrogens is 352 g/mol. The maximum Gasteiger partial charge on any atom is 0.331 e. The molecule has 0 bridgehead atoms. The molecule has 28 heavy (non-hydrogen) atoms. The number of esters is 2. The number of carbonyl (C=O) groups excluding carboxylic acids is 2. The molecule has 0 saturated carbocycles. The van der Waals surface area contributed by atoms with Gasteiger partial charge in [-0.25, -0.2) is 9.59 Å². The van der Waals surface area contributed by atoms with E-state index in [9.17, 15) is 9.59 Å². The normalized spacial score (nSPS) is 13.0. The summed E-state index contributed by atoms with van der Waals surface area (Å²) >= 11 is 0. The van der Waals surface area contributed by atoms with Gasteiger partial charge in [0.15, 0.2) is 0 Å². The Kier molecular flexibility index (Phi) is 12.8. The maximum atomic E-state index is 11.9. The van der Waals surface area contributed by atoms with Crippen molar-refractivity contribution in [1.82, 2.24) is 0 Å². The molecule has 0 aliphatic heterocycles. The van der Waals surface area contributed by atoms with E-state index in [0.29, 0.717) is 6.61 Å². The highest BCUT2D eigenvalue weighted by molar-refractivity contribution is 5.91. The van der Waals surface area contributed by atoms with E-state index in [-0.39, 0.29) is 17.4 Å². The molecule has 0 aliphatic carbocycles. The lowest BCUT2D eigenvalue weighted by Crippen LogP contribution is -2.13. The van der Waals surface area contributed by atoms with E-state index in [0.717, 1.165) is 62.7 Å². The van der Waals surface area contributed by atoms with Gasteiger partial charge in [0, 0.05) is 12.2 Å². The first-order valence-corrected chi connectivity index (χ1v) is 10.6. The molecule has 0 aromatic rings. The molecule has 0 rings (SSSR count). The Hall–Kier alpha value is -1.58. The fraction of sp³-hybridized carbons (Fsp3) is 0.750. The minimum atomic E-state index is -0.515. The van der Waals surface area contributed by atoms with Crippen LogP contribution in [0.4, 0.5) is 0 Å². The highest BCUT2D eigenvalue weighted by Crippen LogP contribution is 2.26. The molecule has 0 aromatic carbocycles. The van der Waals surface area contributed by atoms with Gasteiger partial charge in [0.1, 0.15) is 6.61 Å². The summed E-state index contributed by atoms with van der Waals surface area (Å²) in [5.74, 6) is -1.01. The summed E-state index contributed by atoms with van der Waals surface area (Å²) < 4.78 is 10.4.